The lowest BCUT2D eigenvalue weighted by molar-refractivity contribution is 0.224. The van der Waals surface area contributed by atoms with Gasteiger partial charge in [0.2, 0.25) is 5.88 Å². The molecule has 4 aliphatic carbocycles. The van der Waals surface area contributed by atoms with Crippen molar-refractivity contribution < 1.29 is 18.3 Å². The fourth-order valence-electron chi connectivity index (χ4n) is 16.3. The van der Waals surface area contributed by atoms with E-state index in [1.165, 1.54) is 67.4 Å². The molecule has 8 heteroatoms. The number of methoxy groups -OCH3 is 2. The largest absolute Gasteiger partial charge is 0.483 e. The van der Waals surface area contributed by atoms with E-state index in [0.717, 1.165) is 106 Å². The van der Waals surface area contributed by atoms with Crippen LogP contribution in [0.4, 0.5) is 14.5 Å². The van der Waals surface area contributed by atoms with Crippen LogP contribution in [0.1, 0.15) is 186 Å². The van der Waals surface area contributed by atoms with Crippen LogP contribution in [-0.2, 0) is 22.3 Å². The summed E-state index contributed by atoms with van der Waals surface area (Å²) in [7, 11) is 3.37. The fourth-order valence-corrected chi connectivity index (χ4v) is 16.3. The third kappa shape index (κ3) is 11.8. The number of anilines is 1. The number of fused-ring (bicyclic) bond motifs is 3. The molecular formula is C76H90F2N4O2. The van der Waals surface area contributed by atoms with Crippen molar-refractivity contribution in [2.45, 2.75) is 173 Å². The molecule has 6 nitrogen and oxygen atoms in total. The Morgan fingerprint density at radius 2 is 1.37 bits per heavy atom. The summed E-state index contributed by atoms with van der Waals surface area (Å²) in [6.07, 6.45) is 21.7. The maximum atomic E-state index is 17.2. The molecule has 0 spiro atoms. The van der Waals surface area contributed by atoms with Crippen molar-refractivity contribution in [3.8, 4) is 0 Å². The van der Waals surface area contributed by atoms with Crippen LogP contribution in [0.3, 0.4) is 0 Å². The summed E-state index contributed by atoms with van der Waals surface area (Å²) < 4.78 is 45.7. The summed E-state index contributed by atoms with van der Waals surface area (Å²) in [5, 5.41) is 13.7. The Morgan fingerprint density at radius 3 is 2.05 bits per heavy atom. The van der Waals surface area contributed by atoms with E-state index in [9.17, 15) is 0 Å². The fraction of sp³-hybridized carbons (Fsp3) is 0.447. The second-order valence-corrected chi connectivity index (χ2v) is 25.8. The van der Waals surface area contributed by atoms with E-state index in [4.69, 9.17) is 9.47 Å². The predicted molar refractivity (Wildman–Crippen MR) is 343 cm³/mol. The highest BCUT2D eigenvalue weighted by Gasteiger charge is 2.43. The van der Waals surface area contributed by atoms with Gasteiger partial charge in [-0.1, -0.05) is 144 Å². The van der Waals surface area contributed by atoms with E-state index in [0.29, 0.717) is 29.6 Å². The third-order valence-corrected chi connectivity index (χ3v) is 20.5. The smallest absolute Gasteiger partial charge is 0.232 e. The number of halogens is 2. The number of rotatable bonds is 19. The van der Waals surface area contributed by atoms with Gasteiger partial charge in [-0.05, 0) is 223 Å². The third-order valence-electron chi connectivity index (χ3n) is 20.5. The molecule has 0 aromatic heterocycles. The van der Waals surface area contributed by atoms with Crippen molar-refractivity contribution in [3.63, 3.8) is 0 Å². The van der Waals surface area contributed by atoms with Crippen molar-refractivity contribution in [1.82, 2.24) is 15.5 Å². The minimum Gasteiger partial charge on any atom is -0.483 e. The Labute approximate surface area is 500 Å². The van der Waals surface area contributed by atoms with Gasteiger partial charge >= 0.3 is 0 Å². The van der Waals surface area contributed by atoms with Crippen LogP contribution in [0.2, 0.25) is 0 Å². The SMILES string of the molecule is C=C=C(N[C@H](/C(=C\C)C1CCC[C@H]1C1=CCc2cc([C@H]3CC[C@H](c4ccc5c(c4)C=C([C@@H]4CCCN4C(=C=C)[C@@H](N/C(=C/C)OC)C(C)C)C5)C3c3cc(F)c(C4CCC(c5ccc6ccccc6c5)CC4)c(F)c3)ccc2N1)C(C)C)OC. The quantitative estimate of drug-likeness (QED) is 0.0435. The molecule has 1 saturated heterocycles. The van der Waals surface area contributed by atoms with Crippen LogP contribution >= 0.6 is 0 Å². The monoisotopic (exact) mass is 1130 g/mol. The lowest BCUT2D eigenvalue weighted by Crippen LogP contribution is -2.44. The summed E-state index contributed by atoms with van der Waals surface area (Å²) >= 11 is 0. The maximum absolute atomic E-state index is 17.2. The summed E-state index contributed by atoms with van der Waals surface area (Å²) in [6.45, 7) is 22.2. The van der Waals surface area contributed by atoms with Gasteiger partial charge in [0.25, 0.3) is 0 Å². The van der Waals surface area contributed by atoms with Crippen LogP contribution in [-0.4, -0.2) is 43.8 Å². The van der Waals surface area contributed by atoms with Crippen LogP contribution in [0, 0.1) is 35.3 Å². The molecule has 0 bridgehead atoms. The molecular weight excluding hydrogens is 1040 g/mol. The first-order valence-corrected chi connectivity index (χ1v) is 31.7. The molecule has 3 saturated carbocycles. The minimum atomic E-state index is -0.386. The van der Waals surface area contributed by atoms with Gasteiger partial charge in [0.05, 0.1) is 38.0 Å². The average Bonchev–Trinajstić information content (AvgIpc) is 2.19. The Balaban J connectivity index is 0.881. The van der Waals surface area contributed by atoms with E-state index in [1.54, 1.807) is 26.4 Å². The zero-order valence-corrected chi connectivity index (χ0v) is 51.2. The Kier molecular flexibility index (Phi) is 18.0. The topological polar surface area (TPSA) is 57.8 Å². The number of nitrogens with zero attached hydrogens (tertiary/aromatic N) is 1. The highest BCUT2D eigenvalue weighted by atomic mass is 19.1. The number of benzene rings is 5. The van der Waals surface area contributed by atoms with Crippen molar-refractivity contribution in [1.29, 1.82) is 0 Å². The lowest BCUT2D eigenvalue weighted by atomic mass is 9.74. The summed E-state index contributed by atoms with van der Waals surface area (Å²) in [4.78, 5) is 2.53. The summed E-state index contributed by atoms with van der Waals surface area (Å²) in [5.74, 6) is 2.22. The Bertz CT molecular complexity index is 3450. The highest BCUT2D eigenvalue weighted by molar-refractivity contribution is 5.83. The molecule has 84 heavy (non-hydrogen) atoms. The van der Waals surface area contributed by atoms with Gasteiger partial charge in [-0.25, -0.2) is 8.78 Å². The van der Waals surface area contributed by atoms with Gasteiger partial charge in [-0.2, -0.15) is 0 Å². The number of hydrogen-bond acceptors (Lipinski definition) is 6. The molecule has 2 aliphatic heterocycles. The van der Waals surface area contributed by atoms with Gasteiger partial charge in [0.1, 0.15) is 11.6 Å². The number of nitrogens with one attached hydrogen (secondary N) is 3. The highest BCUT2D eigenvalue weighted by Crippen LogP contribution is 2.56. The molecule has 6 aliphatic rings. The first kappa shape index (κ1) is 58.8. The molecule has 0 radical (unpaired) electrons. The maximum Gasteiger partial charge on any atom is 0.232 e. The minimum absolute atomic E-state index is 0.00341. The average molecular weight is 1130 g/mol. The van der Waals surface area contributed by atoms with Gasteiger partial charge in [-0.15, -0.1) is 5.73 Å². The first-order valence-electron chi connectivity index (χ1n) is 31.7. The Hall–Kier alpha value is -6.98. The molecule has 11 rings (SSSR count). The molecule has 2 unspecified atom stereocenters. The van der Waals surface area contributed by atoms with E-state index < -0.39 is 0 Å². The second kappa shape index (κ2) is 25.7. The van der Waals surface area contributed by atoms with Gasteiger partial charge in [0, 0.05) is 29.4 Å². The van der Waals surface area contributed by atoms with Crippen molar-refractivity contribution in [2.75, 3.05) is 26.1 Å². The number of ether oxygens (including phenoxy) is 2. The molecule has 2 heterocycles. The van der Waals surface area contributed by atoms with E-state index >= 15 is 8.78 Å². The van der Waals surface area contributed by atoms with Gasteiger partial charge < -0.3 is 30.3 Å². The second-order valence-electron chi connectivity index (χ2n) is 25.8. The van der Waals surface area contributed by atoms with E-state index in [2.05, 4.69) is 177 Å². The van der Waals surface area contributed by atoms with Crippen LogP contribution in [0.25, 0.3) is 16.8 Å². The van der Waals surface area contributed by atoms with Gasteiger partial charge in [0.15, 0.2) is 5.88 Å². The zero-order valence-electron chi connectivity index (χ0n) is 51.2. The predicted octanol–water partition coefficient (Wildman–Crippen LogP) is 18.3. The summed E-state index contributed by atoms with van der Waals surface area (Å²) in [6, 6.07) is 33.2. The molecule has 5 aromatic rings. The lowest BCUT2D eigenvalue weighted by Gasteiger charge is -2.36. The van der Waals surface area contributed by atoms with Crippen molar-refractivity contribution in [3.05, 3.63) is 224 Å². The number of hydrogen-bond donors (Lipinski definition) is 3. The van der Waals surface area contributed by atoms with E-state index in [-0.39, 0.29) is 64.9 Å². The molecule has 0 amide bonds. The van der Waals surface area contributed by atoms with Crippen LogP contribution in [0.5, 0.6) is 0 Å². The molecule has 4 fully saturated rings. The Morgan fingerprint density at radius 1 is 0.667 bits per heavy atom. The molecule has 5 aromatic carbocycles. The molecule has 440 valence electrons. The normalized spacial score (nSPS) is 24.8. The summed E-state index contributed by atoms with van der Waals surface area (Å²) in [5.41, 5.74) is 21.5. The standard InChI is InChI=1S/C76H90F2N4O2/c1-11-60(75(46(5)6)80-71(13-3)83-9)63-21-17-22-64(63)68-37-33-56-41-55(32-36-67(56)79-68)62-35-34-61(54-31-30-53-40-58(43-57(53)42-54)70-23-18-38-82(70)69(12-2)76(47(7)8)81-72(14-4)84-10)73(62)59-44-65(77)74(66(78)45-59)50-27-24-49(25-28-50)52-29-26-48-19-15-16-20-51(48)39-52/h11,14-16,19-20,26,29-32,36-37,39,41-47,49-50,61-64,70,73,75-76,79-81H,2-3,17-18,21-25,27-28,33-35,38,40H2,1,4-10H3/b60-11-,72-14-/t49?,50?,61-,62-,63?,64-,70+,73?,75+,76+/m1/s1. The van der Waals surface area contributed by atoms with E-state index in [1.807, 2.05) is 13.0 Å². The van der Waals surface area contributed by atoms with Gasteiger partial charge in [-0.3, -0.25) is 0 Å². The number of allylic oxidation sites excluding steroid dienone is 4. The zero-order chi connectivity index (χ0) is 58.8. The first-order chi connectivity index (χ1) is 40.8. The molecule has 3 N–H and O–H groups in total. The number of likely N-dealkylation sites (tertiary alicyclic amines) is 1. The molecule has 8 atom stereocenters. The van der Waals surface area contributed by atoms with Crippen LogP contribution < -0.4 is 16.0 Å². The van der Waals surface area contributed by atoms with Crippen molar-refractivity contribution in [2.24, 2.45) is 23.7 Å². The van der Waals surface area contributed by atoms with Crippen molar-refractivity contribution >= 4 is 22.5 Å². The van der Waals surface area contributed by atoms with Crippen LogP contribution in [0.15, 0.2) is 168 Å².